The normalized spacial score (nSPS) is 14.5. The number of benzene rings is 1. The Morgan fingerprint density at radius 3 is 1.54 bits per heavy atom. The van der Waals surface area contributed by atoms with Crippen LogP contribution in [0.15, 0.2) is 78.6 Å². The number of imidazole rings is 3. The van der Waals surface area contributed by atoms with Gasteiger partial charge in [0.15, 0.2) is 23.3 Å². The molecule has 652 valence electrons. The fourth-order valence-electron chi connectivity index (χ4n) is 14.2. The monoisotopic (exact) mass is 1710 g/mol. The van der Waals surface area contributed by atoms with Crippen LogP contribution in [0.3, 0.4) is 0 Å². The second-order valence-electron chi connectivity index (χ2n) is 29.9. The maximum absolute atomic E-state index is 13.8. The lowest BCUT2D eigenvalue weighted by Crippen LogP contribution is -2.47. The third-order valence-corrected chi connectivity index (χ3v) is 22.3. The number of thiophene rings is 1. The molecule has 7 aromatic heterocycles. The van der Waals surface area contributed by atoms with E-state index in [0.717, 1.165) is 105 Å². The number of aryl methyl sites for hydroxylation is 7. The minimum absolute atomic E-state index is 0.00349. The van der Waals surface area contributed by atoms with E-state index in [0.29, 0.717) is 76.0 Å². The van der Waals surface area contributed by atoms with Crippen LogP contribution in [-0.2, 0) is 78.1 Å². The number of hydrogen-bond acceptors (Lipinski definition) is 24. The molecule has 2 fully saturated rings. The first kappa shape index (κ1) is 90.9. The molecule has 2 saturated heterocycles. The second kappa shape index (κ2) is 45.1. The topological polar surface area (TPSA) is 424 Å². The number of carbonyl (C=O) groups excluding carboxylic acids is 9. The molecule has 9 amide bonds. The van der Waals surface area contributed by atoms with E-state index >= 15 is 0 Å². The van der Waals surface area contributed by atoms with Crippen LogP contribution in [0, 0.1) is 20.8 Å². The van der Waals surface area contributed by atoms with Gasteiger partial charge in [0.05, 0.1) is 89.6 Å². The maximum Gasteiger partial charge on any atom is 0.291 e. The lowest BCUT2D eigenvalue weighted by molar-refractivity contribution is -0.123. The van der Waals surface area contributed by atoms with Gasteiger partial charge in [0.1, 0.15) is 28.3 Å². The summed E-state index contributed by atoms with van der Waals surface area (Å²) < 4.78 is 37.8. The number of fused-ring (bicyclic) bond motifs is 3. The van der Waals surface area contributed by atoms with Crippen molar-refractivity contribution < 1.29 is 66.8 Å². The summed E-state index contributed by atoms with van der Waals surface area (Å²) in [7, 11) is 8.06. The van der Waals surface area contributed by atoms with Crippen LogP contribution in [-0.4, -0.2) is 283 Å². The van der Waals surface area contributed by atoms with Gasteiger partial charge >= 0.3 is 0 Å². The third kappa shape index (κ3) is 26.6. The van der Waals surface area contributed by atoms with Crippen LogP contribution < -0.4 is 47.9 Å². The first-order chi connectivity index (χ1) is 58.4. The number of nitrogens with zero attached hydrogens (tertiary/aromatic N) is 15. The van der Waals surface area contributed by atoms with Crippen molar-refractivity contribution in [3.05, 3.63) is 141 Å². The number of aromatic nitrogens is 11. The highest BCUT2D eigenvalue weighted by atomic mass is 35.5. The molecule has 121 heavy (non-hydrogen) atoms. The third-order valence-electron chi connectivity index (χ3n) is 20.8. The highest BCUT2D eigenvalue weighted by molar-refractivity contribution is 7.15. The van der Waals surface area contributed by atoms with Crippen LogP contribution in [0.25, 0.3) is 5.00 Å². The predicted octanol–water partition coefficient (Wildman–Crippen LogP) is 4.48. The van der Waals surface area contributed by atoms with E-state index in [4.69, 9.17) is 40.3 Å². The second-order valence-corrected chi connectivity index (χ2v) is 31.5. The van der Waals surface area contributed by atoms with Crippen molar-refractivity contribution in [3.63, 3.8) is 0 Å². The summed E-state index contributed by atoms with van der Waals surface area (Å²) in [6.07, 6.45) is 14.5. The van der Waals surface area contributed by atoms with Crippen LogP contribution in [0.2, 0.25) is 5.02 Å². The van der Waals surface area contributed by atoms with Crippen LogP contribution in [0.5, 0.6) is 0 Å². The standard InChI is InChI=1S/C81H111ClN24O14S/c1-53-54(2)121-81-70(53)71(56-12-14-57(82)15-13-56)91-61(72-97-96-55(3)106(72)81)48-69(110)88-58-19-28-103(29-20-58)26-10-9-11-27-104-31-33-105(34-32-104)35-37-117-39-41-119-43-45-120-44-42-118-40-38-116-36-25-83-66(107)16-21-87-78(113)74-94-64(51-101(74)7)92-67(108)17-22-86-77(112)63-47-60(50-100(63)6)90-80(115)75-95-65(52-102(75)8)93-68(109)18-23-85-76(111)62-46-59(49-99(62)5)89-79(114)73-84-24-30-98(73)4/h12-15,24,30,46-47,49-52,58,61H,9-11,16-23,25-29,31-45,48H2,1-8H3,(H,83,107)(H,85,111)(H,86,112)(H,87,113)(H,88,110)(H,89,114)(H,90,115)(H,92,108)(H,93,109)/t61-/m0/s1. The number of piperazine rings is 1. The number of anilines is 4. The molecule has 40 heteroatoms. The number of halogens is 1. The average Bonchev–Trinajstić information content (AvgIpc) is 1.59. The summed E-state index contributed by atoms with van der Waals surface area (Å²) in [6, 6.07) is 10.3. The number of rotatable bonds is 46. The van der Waals surface area contributed by atoms with Gasteiger partial charge < -0.3 is 104 Å². The largest absolute Gasteiger partial charge is 0.378 e. The summed E-state index contributed by atoms with van der Waals surface area (Å²) in [5.41, 5.74) is 5.08. The van der Waals surface area contributed by atoms with Crippen molar-refractivity contribution >= 4 is 105 Å². The number of likely N-dealkylation sites (tertiary alicyclic amines) is 1. The molecule has 11 rings (SSSR count). The molecule has 0 bridgehead atoms. The van der Waals surface area contributed by atoms with Gasteiger partial charge in [-0.1, -0.05) is 30.2 Å². The number of aliphatic imine (C=N–C) groups is 1. The van der Waals surface area contributed by atoms with E-state index in [9.17, 15) is 43.2 Å². The minimum Gasteiger partial charge on any atom is -0.378 e. The minimum atomic E-state index is -0.636. The van der Waals surface area contributed by atoms with Gasteiger partial charge in [0.25, 0.3) is 29.5 Å². The van der Waals surface area contributed by atoms with E-state index in [2.05, 4.69) is 106 Å². The summed E-state index contributed by atoms with van der Waals surface area (Å²) in [5.74, 6) is -2.13. The van der Waals surface area contributed by atoms with Gasteiger partial charge in [-0.3, -0.25) is 57.6 Å². The van der Waals surface area contributed by atoms with E-state index in [1.54, 1.807) is 63.5 Å². The van der Waals surface area contributed by atoms with Gasteiger partial charge in [-0.05, 0) is 89.4 Å². The Morgan fingerprint density at radius 2 is 0.992 bits per heavy atom. The molecule has 38 nitrogen and oxygen atoms in total. The number of hydrogen-bond donors (Lipinski definition) is 9. The number of ether oxygens (including phenoxy) is 5. The van der Waals surface area contributed by atoms with Gasteiger partial charge in [0, 0.05) is 191 Å². The number of unbranched alkanes of at least 4 members (excludes halogenated alkanes) is 2. The van der Waals surface area contributed by atoms with Crippen molar-refractivity contribution in [1.82, 2.24) is 93.8 Å². The highest BCUT2D eigenvalue weighted by Gasteiger charge is 2.34. The number of nitrogens with one attached hydrogen (secondary N) is 9. The van der Waals surface area contributed by atoms with Gasteiger partial charge in [-0.2, -0.15) is 0 Å². The number of amides is 9. The van der Waals surface area contributed by atoms with Crippen LogP contribution in [0.4, 0.5) is 23.0 Å². The molecule has 3 aliphatic heterocycles. The van der Waals surface area contributed by atoms with Crippen LogP contribution in [0.1, 0.15) is 150 Å². The zero-order valence-electron chi connectivity index (χ0n) is 69.9. The zero-order chi connectivity index (χ0) is 85.9. The quantitative estimate of drug-likeness (QED) is 0.0237. The van der Waals surface area contributed by atoms with E-state index < -0.39 is 47.4 Å². The summed E-state index contributed by atoms with van der Waals surface area (Å²) in [6.45, 7) is 20.1. The van der Waals surface area contributed by atoms with E-state index in [1.165, 1.54) is 79.3 Å². The molecular formula is C81H111ClN24O14S. The van der Waals surface area contributed by atoms with Crippen molar-refractivity contribution in [2.45, 2.75) is 90.6 Å². The molecule has 10 heterocycles. The van der Waals surface area contributed by atoms with E-state index in [-0.39, 0.29) is 123 Å². The fourth-order valence-corrected chi connectivity index (χ4v) is 15.5. The molecule has 0 unspecified atom stereocenters. The zero-order valence-corrected chi connectivity index (χ0v) is 71.5. The molecule has 0 spiro atoms. The molecular weight excluding hydrogens is 1600 g/mol. The van der Waals surface area contributed by atoms with Gasteiger partial charge in [0.2, 0.25) is 35.3 Å². The van der Waals surface area contributed by atoms with Crippen molar-refractivity contribution in [2.24, 2.45) is 40.2 Å². The Kier molecular flexibility index (Phi) is 33.9. The summed E-state index contributed by atoms with van der Waals surface area (Å²) >= 11 is 8.00. The molecule has 1 atom stereocenters. The Morgan fingerprint density at radius 1 is 0.496 bits per heavy atom. The molecule has 3 aliphatic rings. The van der Waals surface area contributed by atoms with Crippen molar-refractivity contribution in [1.29, 1.82) is 0 Å². The van der Waals surface area contributed by atoms with Gasteiger partial charge in [-0.25, -0.2) is 15.0 Å². The Bertz CT molecular complexity index is 4890. The Labute approximate surface area is 710 Å². The molecule has 0 aliphatic carbocycles. The smallest absolute Gasteiger partial charge is 0.291 e. The van der Waals surface area contributed by atoms with Crippen molar-refractivity contribution in [3.8, 4) is 5.00 Å². The first-order valence-electron chi connectivity index (χ1n) is 40.8. The maximum atomic E-state index is 13.8. The number of carbonyl (C=O) groups is 9. The first-order valence-corrected chi connectivity index (χ1v) is 42.0. The van der Waals surface area contributed by atoms with Crippen molar-refractivity contribution in [2.75, 3.05) is 172 Å². The number of piperidine rings is 1. The van der Waals surface area contributed by atoms with Crippen LogP contribution >= 0.6 is 22.9 Å². The molecule has 8 aromatic rings. The predicted molar refractivity (Wildman–Crippen MR) is 454 cm³/mol. The molecule has 0 saturated carbocycles. The lowest BCUT2D eigenvalue weighted by Gasteiger charge is -2.34. The average molecular weight is 1710 g/mol. The molecule has 1 aromatic carbocycles. The lowest BCUT2D eigenvalue weighted by atomic mass is 9.99. The Balaban J connectivity index is 0.439. The Hall–Kier alpha value is -10.9. The summed E-state index contributed by atoms with van der Waals surface area (Å²) in [5, 5.41) is 35.5. The summed E-state index contributed by atoms with van der Waals surface area (Å²) in [4.78, 5) is 143. The SMILES string of the molecule is Cc1sc2c(c1C)C(c1ccc(Cl)cc1)=N[C@@H](CC(=O)NC1CCN(CCCCCN3CCN(CCOCCOCCOCCOCCOCCNC(=O)CCNC(=O)c4nc(NC(=O)CCNC(=O)c5cc(NC(=O)c6nc(NC(=O)CCNC(=O)c7cc(NC(=O)c8nccn8C)cn7C)cn6C)cn5C)cn4C)CC3)CC1)c1nnc(C)n1-2. The molecule has 0 radical (unpaired) electrons. The fraction of sp³-hybridized carbons (Fsp3) is 0.519. The van der Waals surface area contributed by atoms with Gasteiger partial charge in [-0.15, -0.1) is 21.5 Å². The highest BCUT2D eigenvalue weighted by Crippen LogP contribution is 2.40. The molecule has 9 N–H and O–H groups in total. The van der Waals surface area contributed by atoms with E-state index in [1.807, 2.05) is 31.2 Å².